The van der Waals surface area contributed by atoms with Crippen LogP contribution in [-0.2, 0) is 0 Å². The summed E-state index contributed by atoms with van der Waals surface area (Å²) in [4.78, 5) is 0. The van der Waals surface area contributed by atoms with E-state index in [1.165, 1.54) is 6.07 Å². The van der Waals surface area contributed by atoms with E-state index in [2.05, 4.69) is 5.32 Å². The highest BCUT2D eigenvalue weighted by Gasteiger charge is 2.12. The van der Waals surface area contributed by atoms with Gasteiger partial charge in [-0.2, -0.15) is 0 Å². The second kappa shape index (κ2) is 6.27. The Morgan fingerprint density at radius 1 is 1.11 bits per heavy atom. The molecule has 0 radical (unpaired) electrons. The zero-order valence-electron chi connectivity index (χ0n) is 10.5. The van der Waals surface area contributed by atoms with Crippen molar-refractivity contribution in [2.24, 2.45) is 0 Å². The fourth-order valence-corrected chi connectivity index (χ4v) is 2.30. The molecule has 1 atom stereocenters. The molecule has 1 nitrogen and oxygen atoms in total. The molecule has 0 aromatic heterocycles. The molecule has 0 spiro atoms. The maximum absolute atomic E-state index is 13.8. The lowest BCUT2D eigenvalue weighted by atomic mass is 10.0. The molecule has 0 aliphatic rings. The Labute approximate surface area is 122 Å². The third-order valence-corrected chi connectivity index (χ3v) is 3.39. The van der Waals surface area contributed by atoms with Gasteiger partial charge in [0, 0.05) is 10.0 Å². The minimum atomic E-state index is -0.354. The van der Waals surface area contributed by atoms with E-state index >= 15 is 0 Å². The van der Waals surface area contributed by atoms with Crippen molar-refractivity contribution in [3.05, 3.63) is 63.9 Å². The standard InChI is InChI=1S/C15H14Cl2FN/c1-2-14(10-4-3-5-11(16)8-10)19-15-7-6-12(17)9-13(15)18/h3-9,14,19H,2H2,1H3. The van der Waals surface area contributed by atoms with Crippen LogP contribution in [0.3, 0.4) is 0 Å². The fraction of sp³-hybridized carbons (Fsp3) is 0.200. The van der Waals surface area contributed by atoms with Gasteiger partial charge in [-0.1, -0.05) is 42.3 Å². The summed E-state index contributed by atoms with van der Waals surface area (Å²) in [6.45, 7) is 2.03. The summed E-state index contributed by atoms with van der Waals surface area (Å²) in [6.07, 6.45) is 0.822. The van der Waals surface area contributed by atoms with E-state index in [4.69, 9.17) is 23.2 Å². The second-order valence-corrected chi connectivity index (χ2v) is 5.16. The lowest BCUT2D eigenvalue weighted by Gasteiger charge is -2.19. The fourth-order valence-electron chi connectivity index (χ4n) is 1.94. The second-order valence-electron chi connectivity index (χ2n) is 4.28. The first-order valence-corrected chi connectivity index (χ1v) is 6.82. The van der Waals surface area contributed by atoms with Crippen LogP contribution in [0.1, 0.15) is 24.9 Å². The highest BCUT2D eigenvalue weighted by Crippen LogP contribution is 2.27. The Morgan fingerprint density at radius 3 is 2.47 bits per heavy atom. The average molecular weight is 298 g/mol. The van der Waals surface area contributed by atoms with E-state index < -0.39 is 0 Å². The van der Waals surface area contributed by atoms with Crippen molar-refractivity contribution in [3.8, 4) is 0 Å². The smallest absolute Gasteiger partial charge is 0.147 e. The van der Waals surface area contributed by atoms with Gasteiger partial charge in [0.25, 0.3) is 0 Å². The molecule has 100 valence electrons. The van der Waals surface area contributed by atoms with Crippen molar-refractivity contribution >= 4 is 28.9 Å². The minimum Gasteiger partial charge on any atom is -0.376 e. The monoisotopic (exact) mass is 297 g/mol. The molecule has 0 saturated heterocycles. The molecule has 4 heteroatoms. The Bertz CT molecular complexity index is 572. The zero-order chi connectivity index (χ0) is 13.8. The van der Waals surface area contributed by atoms with Crippen LogP contribution in [-0.4, -0.2) is 0 Å². The highest BCUT2D eigenvalue weighted by molar-refractivity contribution is 6.30. The van der Waals surface area contributed by atoms with Gasteiger partial charge in [0.15, 0.2) is 0 Å². The van der Waals surface area contributed by atoms with Crippen LogP contribution in [0.15, 0.2) is 42.5 Å². The molecule has 2 aromatic carbocycles. The average Bonchev–Trinajstić information content (AvgIpc) is 2.38. The molecule has 2 aromatic rings. The van der Waals surface area contributed by atoms with Crippen LogP contribution in [0.2, 0.25) is 10.0 Å². The molecule has 19 heavy (non-hydrogen) atoms. The minimum absolute atomic E-state index is 0.00868. The van der Waals surface area contributed by atoms with E-state index in [9.17, 15) is 4.39 Å². The predicted octanol–water partition coefficient (Wildman–Crippen LogP) is 5.70. The quantitative estimate of drug-likeness (QED) is 0.764. The summed E-state index contributed by atoms with van der Waals surface area (Å²) in [5.74, 6) is -0.354. The molecule has 0 aliphatic carbocycles. The summed E-state index contributed by atoms with van der Waals surface area (Å²) in [5.41, 5.74) is 1.47. The van der Waals surface area contributed by atoms with Crippen molar-refractivity contribution in [1.29, 1.82) is 0 Å². The zero-order valence-corrected chi connectivity index (χ0v) is 12.0. The third kappa shape index (κ3) is 3.62. The van der Waals surface area contributed by atoms with Gasteiger partial charge >= 0.3 is 0 Å². The van der Waals surface area contributed by atoms with Gasteiger partial charge in [0.2, 0.25) is 0 Å². The number of anilines is 1. The van der Waals surface area contributed by atoms with Crippen molar-refractivity contribution in [3.63, 3.8) is 0 Å². The Hall–Kier alpha value is -1.25. The summed E-state index contributed by atoms with van der Waals surface area (Å²) in [6, 6.07) is 12.2. The SMILES string of the molecule is CCC(Nc1ccc(Cl)cc1F)c1cccc(Cl)c1. The first-order valence-electron chi connectivity index (χ1n) is 6.07. The van der Waals surface area contributed by atoms with Crippen LogP contribution in [0, 0.1) is 5.82 Å². The molecular weight excluding hydrogens is 284 g/mol. The maximum Gasteiger partial charge on any atom is 0.147 e. The number of benzene rings is 2. The van der Waals surface area contributed by atoms with Gasteiger partial charge in [-0.15, -0.1) is 0 Å². The lowest BCUT2D eigenvalue weighted by Crippen LogP contribution is -2.10. The van der Waals surface area contributed by atoms with Gasteiger partial charge in [-0.25, -0.2) is 4.39 Å². The number of hydrogen-bond acceptors (Lipinski definition) is 1. The molecule has 0 heterocycles. The van der Waals surface area contributed by atoms with Gasteiger partial charge in [-0.05, 0) is 42.3 Å². The van der Waals surface area contributed by atoms with E-state index in [1.54, 1.807) is 12.1 Å². The van der Waals surface area contributed by atoms with E-state index in [0.717, 1.165) is 12.0 Å². The Kier molecular flexibility index (Phi) is 4.67. The molecule has 0 fully saturated rings. The molecule has 1 N–H and O–H groups in total. The molecule has 0 bridgehead atoms. The molecule has 0 amide bonds. The molecule has 1 unspecified atom stereocenters. The normalized spacial score (nSPS) is 12.2. The van der Waals surface area contributed by atoms with Crippen LogP contribution in [0.4, 0.5) is 10.1 Å². The lowest BCUT2D eigenvalue weighted by molar-refractivity contribution is 0.624. The molecule has 2 rings (SSSR count). The van der Waals surface area contributed by atoms with Crippen LogP contribution < -0.4 is 5.32 Å². The topological polar surface area (TPSA) is 12.0 Å². The summed E-state index contributed by atoms with van der Waals surface area (Å²) >= 11 is 11.7. The third-order valence-electron chi connectivity index (χ3n) is 2.92. The van der Waals surface area contributed by atoms with Crippen molar-refractivity contribution < 1.29 is 4.39 Å². The van der Waals surface area contributed by atoms with Crippen LogP contribution >= 0.6 is 23.2 Å². The van der Waals surface area contributed by atoms with Crippen LogP contribution in [0.25, 0.3) is 0 Å². The maximum atomic E-state index is 13.8. The first kappa shape index (κ1) is 14.2. The molecule has 0 saturated carbocycles. The van der Waals surface area contributed by atoms with E-state index in [1.807, 2.05) is 31.2 Å². The summed E-state index contributed by atoms with van der Waals surface area (Å²) < 4.78 is 13.8. The molecular formula is C15H14Cl2FN. The number of nitrogens with one attached hydrogen (secondary N) is 1. The highest BCUT2D eigenvalue weighted by atomic mass is 35.5. The summed E-state index contributed by atoms with van der Waals surface area (Å²) in [7, 11) is 0. The first-order chi connectivity index (χ1) is 9.10. The Balaban J connectivity index is 2.24. The van der Waals surface area contributed by atoms with Crippen LogP contribution in [0.5, 0.6) is 0 Å². The van der Waals surface area contributed by atoms with Crippen molar-refractivity contribution in [1.82, 2.24) is 0 Å². The molecule has 0 aliphatic heterocycles. The van der Waals surface area contributed by atoms with Crippen molar-refractivity contribution in [2.45, 2.75) is 19.4 Å². The van der Waals surface area contributed by atoms with Crippen molar-refractivity contribution in [2.75, 3.05) is 5.32 Å². The number of halogens is 3. The van der Waals surface area contributed by atoms with Gasteiger partial charge in [0.05, 0.1) is 11.7 Å². The predicted molar refractivity (Wildman–Crippen MR) is 79.5 cm³/mol. The van der Waals surface area contributed by atoms with E-state index in [0.29, 0.717) is 15.7 Å². The largest absolute Gasteiger partial charge is 0.376 e. The summed E-state index contributed by atoms with van der Waals surface area (Å²) in [5, 5.41) is 4.24. The number of hydrogen-bond donors (Lipinski definition) is 1. The Morgan fingerprint density at radius 2 is 1.84 bits per heavy atom. The van der Waals surface area contributed by atoms with Gasteiger partial charge < -0.3 is 5.32 Å². The van der Waals surface area contributed by atoms with E-state index in [-0.39, 0.29) is 11.9 Å². The number of rotatable bonds is 4. The van der Waals surface area contributed by atoms with Gasteiger partial charge in [-0.3, -0.25) is 0 Å². The van der Waals surface area contributed by atoms with Gasteiger partial charge in [0.1, 0.15) is 5.82 Å².